The summed E-state index contributed by atoms with van der Waals surface area (Å²) < 4.78 is 12.2. The number of nitrogens with zero attached hydrogens (tertiary/aromatic N) is 2. The second-order valence-electron chi connectivity index (χ2n) is 6.40. The average molecular weight is 289 g/mol. The Hall–Kier alpha value is -1.24. The predicted octanol–water partition coefficient (Wildman–Crippen LogP) is 2.02. The number of nitrogens with one attached hydrogen (secondary N) is 1. The van der Waals surface area contributed by atoms with Crippen molar-refractivity contribution in [2.24, 2.45) is 0 Å². The van der Waals surface area contributed by atoms with Gasteiger partial charge in [-0.1, -0.05) is 6.08 Å². The van der Waals surface area contributed by atoms with Crippen LogP contribution in [0.1, 0.15) is 39.1 Å². The summed E-state index contributed by atoms with van der Waals surface area (Å²) in [7, 11) is 1.55. The van der Waals surface area contributed by atoms with E-state index in [1.807, 2.05) is 32.4 Å². The number of hydrogen-bond acceptors (Lipinski definition) is 5. The number of rotatable bonds is 4. The highest BCUT2D eigenvalue weighted by Gasteiger charge is 2.52. The molecule has 1 N–H and O–H groups in total. The summed E-state index contributed by atoms with van der Waals surface area (Å²) >= 11 is 0. The molecule has 21 heavy (non-hydrogen) atoms. The molecule has 0 aliphatic carbocycles. The van der Waals surface area contributed by atoms with Crippen LogP contribution in [-0.4, -0.2) is 41.9 Å². The monoisotopic (exact) mass is 289 g/mol. The van der Waals surface area contributed by atoms with Crippen LogP contribution in [0, 0.1) is 6.92 Å². The van der Waals surface area contributed by atoms with Crippen molar-refractivity contribution < 1.29 is 9.31 Å². The lowest BCUT2D eigenvalue weighted by Gasteiger charge is -2.32. The van der Waals surface area contributed by atoms with Gasteiger partial charge in [-0.15, -0.1) is 0 Å². The van der Waals surface area contributed by atoms with E-state index in [0.717, 1.165) is 16.9 Å². The molecular formula is C15H24BN3O2. The standard InChI is InChI=1S/C15H24BN3O2/c1-11-18-8-12(9-19-11)7-13(10-17-6)16-20-14(2,3)15(4,5)21-16/h7-9,17H,10H2,1-6H3. The fourth-order valence-electron chi connectivity index (χ4n) is 2.09. The van der Waals surface area contributed by atoms with Gasteiger partial charge in [-0.3, -0.25) is 0 Å². The zero-order valence-electron chi connectivity index (χ0n) is 13.7. The van der Waals surface area contributed by atoms with Crippen LogP contribution in [0.15, 0.2) is 17.9 Å². The molecule has 6 heteroatoms. The van der Waals surface area contributed by atoms with Crippen LogP contribution in [0.4, 0.5) is 0 Å². The van der Waals surface area contributed by atoms with Crippen molar-refractivity contribution in [2.75, 3.05) is 13.6 Å². The van der Waals surface area contributed by atoms with Crippen LogP contribution < -0.4 is 5.32 Å². The first-order valence-electron chi connectivity index (χ1n) is 7.24. The van der Waals surface area contributed by atoms with E-state index in [-0.39, 0.29) is 18.3 Å². The molecule has 1 aromatic heterocycles. The molecule has 0 bridgehead atoms. The van der Waals surface area contributed by atoms with Crippen molar-refractivity contribution in [1.29, 1.82) is 0 Å². The minimum absolute atomic E-state index is 0.339. The van der Waals surface area contributed by atoms with Crippen LogP contribution in [0.5, 0.6) is 0 Å². The van der Waals surface area contributed by atoms with Gasteiger partial charge in [-0.25, -0.2) is 9.97 Å². The molecule has 1 saturated heterocycles. The molecule has 5 nitrogen and oxygen atoms in total. The topological polar surface area (TPSA) is 56.3 Å². The first-order chi connectivity index (χ1) is 9.75. The number of hydrogen-bond donors (Lipinski definition) is 1. The van der Waals surface area contributed by atoms with Crippen molar-refractivity contribution in [3.63, 3.8) is 0 Å². The molecule has 114 valence electrons. The molecule has 1 aromatic rings. The van der Waals surface area contributed by atoms with E-state index in [9.17, 15) is 0 Å². The minimum atomic E-state index is -0.358. The molecule has 0 atom stereocenters. The van der Waals surface area contributed by atoms with Crippen molar-refractivity contribution in [1.82, 2.24) is 15.3 Å². The maximum Gasteiger partial charge on any atom is 0.491 e. The highest BCUT2D eigenvalue weighted by atomic mass is 16.7. The fourth-order valence-corrected chi connectivity index (χ4v) is 2.09. The van der Waals surface area contributed by atoms with Gasteiger partial charge in [0.1, 0.15) is 5.82 Å². The SMILES string of the molecule is CNCC(=Cc1cnc(C)nc1)B1OC(C)(C)C(C)(C)O1. The van der Waals surface area contributed by atoms with E-state index in [1.165, 1.54) is 0 Å². The number of aryl methyl sites for hydroxylation is 1. The molecule has 0 radical (unpaired) electrons. The van der Waals surface area contributed by atoms with E-state index in [0.29, 0.717) is 6.54 Å². The van der Waals surface area contributed by atoms with Gasteiger partial charge >= 0.3 is 7.12 Å². The lowest BCUT2D eigenvalue weighted by atomic mass is 9.77. The van der Waals surface area contributed by atoms with Gasteiger partial charge in [0.15, 0.2) is 0 Å². The van der Waals surface area contributed by atoms with Crippen molar-refractivity contribution in [2.45, 2.75) is 45.8 Å². The largest absolute Gasteiger partial charge is 0.491 e. The molecule has 0 spiro atoms. The normalized spacial score (nSPS) is 20.9. The maximum atomic E-state index is 6.10. The van der Waals surface area contributed by atoms with E-state index < -0.39 is 0 Å². The Kier molecular flexibility index (Phi) is 4.51. The summed E-state index contributed by atoms with van der Waals surface area (Å²) in [6, 6.07) is 0. The van der Waals surface area contributed by atoms with Gasteiger partial charge in [-0.05, 0) is 47.1 Å². The first kappa shape index (κ1) is 16.1. The summed E-state index contributed by atoms with van der Waals surface area (Å²) in [5.41, 5.74) is 1.30. The van der Waals surface area contributed by atoms with Gasteiger partial charge in [0.25, 0.3) is 0 Å². The maximum absolute atomic E-state index is 6.10. The van der Waals surface area contributed by atoms with E-state index in [2.05, 4.69) is 43.0 Å². The molecule has 1 aliphatic rings. The second-order valence-corrected chi connectivity index (χ2v) is 6.40. The Morgan fingerprint density at radius 1 is 1.19 bits per heavy atom. The molecule has 0 amide bonds. The Morgan fingerprint density at radius 3 is 2.19 bits per heavy atom. The fraction of sp³-hybridized carbons (Fsp3) is 0.600. The predicted molar refractivity (Wildman–Crippen MR) is 84.8 cm³/mol. The smallest absolute Gasteiger partial charge is 0.400 e. The molecular weight excluding hydrogens is 265 g/mol. The lowest BCUT2D eigenvalue weighted by Crippen LogP contribution is -2.41. The Balaban J connectivity index is 2.26. The van der Waals surface area contributed by atoms with E-state index >= 15 is 0 Å². The number of likely N-dealkylation sites (N-methyl/N-ethyl adjacent to an activating group) is 1. The molecule has 1 aliphatic heterocycles. The van der Waals surface area contributed by atoms with Crippen LogP contribution in [0.2, 0.25) is 0 Å². The van der Waals surface area contributed by atoms with E-state index in [1.54, 1.807) is 0 Å². The Morgan fingerprint density at radius 2 is 1.71 bits per heavy atom. The van der Waals surface area contributed by atoms with Gasteiger partial charge in [-0.2, -0.15) is 0 Å². The molecule has 0 saturated carbocycles. The summed E-state index contributed by atoms with van der Waals surface area (Å²) in [6.45, 7) is 10.8. The third kappa shape index (κ3) is 3.51. The zero-order valence-corrected chi connectivity index (χ0v) is 13.7. The van der Waals surface area contributed by atoms with Crippen LogP contribution in [0.25, 0.3) is 6.08 Å². The summed E-state index contributed by atoms with van der Waals surface area (Å²) in [6.07, 6.45) is 5.64. The summed E-state index contributed by atoms with van der Waals surface area (Å²) in [5, 5.41) is 3.16. The van der Waals surface area contributed by atoms with Crippen LogP contribution in [0.3, 0.4) is 0 Å². The van der Waals surface area contributed by atoms with Gasteiger partial charge in [0, 0.05) is 24.5 Å². The Bertz CT molecular complexity index is 510. The molecule has 1 fully saturated rings. The summed E-state index contributed by atoms with van der Waals surface area (Å²) in [5.74, 6) is 0.762. The highest BCUT2D eigenvalue weighted by molar-refractivity contribution is 6.55. The third-order valence-electron chi connectivity index (χ3n) is 4.09. The quantitative estimate of drug-likeness (QED) is 0.859. The molecule has 2 rings (SSSR count). The third-order valence-corrected chi connectivity index (χ3v) is 4.09. The van der Waals surface area contributed by atoms with Gasteiger partial charge in [0.2, 0.25) is 0 Å². The number of aromatic nitrogens is 2. The highest BCUT2D eigenvalue weighted by Crippen LogP contribution is 2.38. The van der Waals surface area contributed by atoms with Crippen molar-refractivity contribution >= 4 is 13.2 Å². The first-order valence-corrected chi connectivity index (χ1v) is 7.24. The zero-order chi connectivity index (χ0) is 15.7. The Labute approximate surface area is 127 Å². The molecule has 2 heterocycles. The molecule has 0 aromatic carbocycles. The van der Waals surface area contributed by atoms with Crippen molar-refractivity contribution in [3.05, 3.63) is 29.3 Å². The lowest BCUT2D eigenvalue weighted by molar-refractivity contribution is 0.00578. The van der Waals surface area contributed by atoms with Gasteiger partial charge < -0.3 is 14.6 Å². The van der Waals surface area contributed by atoms with Crippen LogP contribution >= 0.6 is 0 Å². The summed E-state index contributed by atoms with van der Waals surface area (Å²) in [4.78, 5) is 8.44. The van der Waals surface area contributed by atoms with Crippen LogP contribution in [-0.2, 0) is 9.31 Å². The second kappa shape index (κ2) is 5.87. The minimum Gasteiger partial charge on any atom is -0.400 e. The molecule has 0 unspecified atom stereocenters. The van der Waals surface area contributed by atoms with E-state index in [4.69, 9.17) is 9.31 Å². The van der Waals surface area contributed by atoms with Gasteiger partial charge in [0.05, 0.1) is 11.2 Å². The van der Waals surface area contributed by atoms with Crippen molar-refractivity contribution in [3.8, 4) is 0 Å². The average Bonchev–Trinajstić information content (AvgIpc) is 2.60.